The summed E-state index contributed by atoms with van der Waals surface area (Å²) in [6.07, 6.45) is 15.1. The lowest BCUT2D eigenvalue weighted by atomic mass is 9.94. The maximum Gasteiger partial charge on any atom is 0.150 e. The zero-order valence-corrected chi connectivity index (χ0v) is 13.4. The minimum Gasteiger partial charge on any atom is -0.277 e. The molecule has 0 unspecified atom stereocenters. The van der Waals surface area contributed by atoms with Crippen molar-refractivity contribution in [2.24, 2.45) is 7.05 Å². The van der Waals surface area contributed by atoms with Crippen molar-refractivity contribution < 1.29 is 0 Å². The number of hydrogen-bond donors (Lipinski definition) is 1. The first-order chi connectivity index (χ1) is 10.7. The van der Waals surface area contributed by atoms with Crippen LogP contribution in [0, 0.1) is 0 Å². The molecule has 0 amide bonds. The van der Waals surface area contributed by atoms with Crippen molar-refractivity contribution in [2.45, 2.75) is 25.7 Å². The largest absolute Gasteiger partial charge is 0.277 e. The molecular formula is C17H18N4S. The maximum absolute atomic E-state index is 4.63. The van der Waals surface area contributed by atoms with E-state index in [9.17, 15) is 0 Å². The highest BCUT2D eigenvalue weighted by atomic mass is 32.1. The first kappa shape index (κ1) is 13.6. The summed E-state index contributed by atoms with van der Waals surface area (Å²) in [5.74, 6) is 0. The van der Waals surface area contributed by atoms with Crippen molar-refractivity contribution in [2.75, 3.05) is 0 Å². The van der Waals surface area contributed by atoms with Gasteiger partial charge in [-0.2, -0.15) is 5.10 Å². The van der Waals surface area contributed by atoms with Crippen LogP contribution in [-0.4, -0.2) is 18.7 Å². The standard InChI is InChI=1S/C17H18N4S/c1-20-10-14(9-19-20)16-11-21(22)17-15(16)7-13(8-18-17)12-5-3-2-4-6-12/h5,7-11,22H,2-4,6H2,1H3. The van der Waals surface area contributed by atoms with E-state index in [1.54, 1.807) is 3.97 Å². The first-order valence-corrected chi connectivity index (χ1v) is 8.01. The van der Waals surface area contributed by atoms with Crippen molar-refractivity contribution >= 4 is 29.4 Å². The number of hydrogen-bond acceptors (Lipinski definition) is 3. The maximum atomic E-state index is 4.63. The summed E-state index contributed by atoms with van der Waals surface area (Å²) in [6, 6.07) is 2.24. The Morgan fingerprint density at radius 2 is 2.05 bits per heavy atom. The number of aryl methyl sites for hydroxylation is 1. The summed E-state index contributed by atoms with van der Waals surface area (Å²) in [4.78, 5) is 4.63. The van der Waals surface area contributed by atoms with Gasteiger partial charge in [-0.05, 0) is 42.9 Å². The Balaban J connectivity index is 1.89. The summed E-state index contributed by atoms with van der Waals surface area (Å²) in [5, 5.41) is 5.40. The van der Waals surface area contributed by atoms with Crippen LogP contribution in [0.4, 0.5) is 0 Å². The molecular weight excluding hydrogens is 292 g/mol. The van der Waals surface area contributed by atoms with E-state index < -0.39 is 0 Å². The highest BCUT2D eigenvalue weighted by Crippen LogP contribution is 2.33. The van der Waals surface area contributed by atoms with Gasteiger partial charge in [0.2, 0.25) is 0 Å². The zero-order valence-electron chi connectivity index (χ0n) is 12.5. The van der Waals surface area contributed by atoms with Gasteiger partial charge in [-0.3, -0.25) is 8.65 Å². The number of thiol groups is 1. The van der Waals surface area contributed by atoms with Crippen LogP contribution in [0.15, 0.2) is 36.9 Å². The smallest absolute Gasteiger partial charge is 0.150 e. The molecule has 1 aliphatic carbocycles. The number of allylic oxidation sites excluding steroid dienone is 2. The van der Waals surface area contributed by atoms with E-state index in [1.165, 1.54) is 30.4 Å². The van der Waals surface area contributed by atoms with Gasteiger partial charge in [0.1, 0.15) is 5.65 Å². The normalized spacial score (nSPS) is 15.3. The van der Waals surface area contributed by atoms with E-state index in [0.717, 1.165) is 28.6 Å². The van der Waals surface area contributed by atoms with E-state index in [2.05, 4.69) is 35.0 Å². The van der Waals surface area contributed by atoms with Crippen LogP contribution in [-0.2, 0) is 7.05 Å². The summed E-state index contributed by atoms with van der Waals surface area (Å²) >= 11 is 4.50. The van der Waals surface area contributed by atoms with Gasteiger partial charge in [-0.1, -0.05) is 18.9 Å². The van der Waals surface area contributed by atoms with E-state index in [4.69, 9.17) is 0 Å². The molecule has 0 saturated carbocycles. The van der Waals surface area contributed by atoms with Crippen LogP contribution >= 0.6 is 12.8 Å². The number of rotatable bonds is 2. The molecule has 0 N–H and O–H groups in total. The van der Waals surface area contributed by atoms with Gasteiger partial charge in [-0.15, -0.1) is 0 Å². The van der Waals surface area contributed by atoms with Crippen LogP contribution in [0.3, 0.4) is 0 Å². The average molecular weight is 310 g/mol. The van der Waals surface area contributed by atoms with E-state index in [-0.39, 0.29) is 0 Å². The minimum absolute atomic E-state index is 0.891. The Bertz CT molecular complexity index is 872. The molecule has 0 spiro atoms. The lowest BCUT2D eigenvalue weighted by Gasteiger charge is -2.12. The lowest BCUT2D eigenvalue weighted by Crippen LogP contribution is -1.93. The average Bonchev–Trinajstić information content (AvgIpc) is 3.12. The zero-order chi connectivity index (χ0) is 15.1. The third kappa shape index (κ3) is 2.25. The SMILES string of the molecule is Cn1cc(-c2cn(S)c3ncc(C4=CCCCC4)cc23)cn1. The van der Waals surface area contributed by atoms with Crippen LogP contribution < -0.4 is 0 Å². The molecule has 3 aromatic heterocycles. The molecule has 0 atom stereocenters. The summed E-state index contributed by atoms with van der Waals surface area (Å²) < 4.78 is 3.61. The minimum atomic E-state index is 0.891. The van der Waals surface area contributed by atoms with Gasteiger partial charge < -0.3 is 0 Å². The summed E-state index contributed by atoms with van der Waals surface area (Å²) in [7, 11) is 1.93. The fourth-order valence-corrected chi connectivity index (χ4v) is 3.43. The topological polar surface area (TPSA) is 35.6 Å². The monoisotopic (exact) mass is 310 g/mol. The highest BCUT2D eigenvalue weighted by Gasteiger charge is 2.14. The van der Waals surface area contributed by atoms with Crippen LogP contribution in [0.2, 0.25) is 0 Å². The second-order valence-electron chi connectivity index (χ2n) is 5.86. The van der Waals surface area contributed by atoms with Gasteiger partial charge in [0.15, 0.2) is 0 Å². The number of pyridine rings is 1. The third-order valence-corrected chi connectivity index (χ3v) is 4.61. The molecule has 0 aromatic carbocycles. The molecule has 3 heterocycles. The second kappa shape index (κ2) is 5.32. The molecule has 1 aliphatic rings. The Morgan fingerprint density at radius 3 is 2.77 bits per heavy atom. The Labute approximate surface area is 135 Å². The molecule has 0 bridgehead atoms. The molecule has 0 saturated heterocycles. The van der Waals surface area contributed by atoms with Crippen molar-refractivity contribution in [3.63, 3.8) is 0 Å². The molecule has 112 valence electrons. The second-order valence-corrected chi connectivity index (χ2v) is 6.29. The fraction of sp³-hybridized carbons (Fsp3) is 0.294. The van der Waals surface area contributed by atoms with Crippen LogP contribution in [0.25, 0.3) is 27.7 Å². The van der Waals surface area contributed by atoms with Crippen LogP contribution in [0.1, 0.15) is 31.2 Å². The fourth-order valence-electron chi connectivity index (χ4n) is 3.16. The molecule has 0 aliphatic heterocycles. The quantitative estimate of drug-likeness (QED) is 0.724. The molecule has 5 heteroatoms. The molecule has 22 heavy (non-hydrogen) atoms. The summed E-state index contributed by atoms with van der Waals surface area (Å²) in [5.41, 5.74) is 5.77. The van der Waals surface area contributed by atoms with Gasteiger partial charge in [0, 0.05) is 42.2 Å². The predicted molar refractivity (Wildman–Crippen MR) is 92.8 cm³/mol. The van der Waals surface area contributed by atoms with E-state index in [0.29, 0.717) is 0 Å². The van der Waals surface area contributed by atoms with Gasteiger partial charge in [0.25, 0.3) is 0 Å². The first-order valence-electron chi connectivity index (χ1n) is 7.61. The number of aromatic nitrogens is 4. The Hall–Kier alpha value is -2.01. The molecule has 3 aromatic rings. The summed E-state index contributed by atoms with van der Waals surface area (Å²) in [6.45, 7) is 0. The van der Waals surface area contributed by atoms with Gasteiger partial charge in [0.05, 0.1) is 6.20 Å². The molecule has 0 fully saturated rings. The Kier molecular flexibility index (Phi) is 3.30. The van der Waals surface area contributed by atoms with Crippen molar-refractivity contribution in [3.8, 4) is 11.1 Å². The molecule has 4 nitrogen and oxygen atoms in total. The van der Waals surface area contributed by atoms with E-state index in [1.807, 2.05) is 36.5 Å². The van der Waals surface area contributed by atoms with Crippen molar-refractivity contribution in [3.05, 3.63) is 42.5 Å². The molecule has 0 radical (unpaired) electrons. The predicted octanol–water partition coefficient (Wildman–Crippen LogP) is 4.09. The third-order valence-electron chi connectivity index (χ3n) is 4.30. The van der Waals surface area contributed by atoms with Crippen molar-refractivity contribution in [1.29, 1.82) is 0 Å². The Morgan fingerprint density at radius 1 is 1.14 bits per heavy atom. The van der Waals surface area contributed by atoms with Crippen molar-refractivity contribution in [1.82, 2.24) is 18.7 Å². The van der Waals surface area contributed by atoms with Gasteiger partial charge >= 0.3 is 0 Å². The number of fused-ring (bicyclic) bond motifs is 1. The van der Waals surface area contributed by atoms with Crippen LogP contribution in [0.5, 0.6) is 0 Å². The molecule has 4 rings (SSSR count). The number of nitrogens with zero attached hydrogens (tertiary/aromatic N) is 4. The van der Waals surface area contributed by atoms with E-state index >= 15 is 0 Å². The highest BCUT2D eigenvalue weighted by molar-refractivity contribution is 7.78. The van der Waals surface area contributed by atoms with Gasteiger partial charge in [-0.25, -0.2) is 4.98 Å². The lowest BCUT2D eigenvalue weighted by molar-refractivity contribution is 0.742.